The first-order chi connectivity index (χ1) is 9.77. The molecule has 1 N–H and O–H groups in total. The van der Waals surface area contributed by atoms with E-state index in [0.29, 0.717) is 29.4 Å². The second-order valence-corrected chi connectivity index (χ2v) is 7.62. The van der Waals surface area contributed by atoms with Gasteiger partial charge in [-0.05, 0) is 30.5 Å². The van der Waals surface area contributed by atoms with Crippen LogP contribution in [0.1, 0.15) is 25.8 Å². The van der Waals surface area contributed by atoms with Crippen LogP contribution in [-0.2, 0) is 11.2 Å². The summed E-state index contributed by atoms with van der Waals surface area (Å²) in [5.74, 6) is -0.120. The van der Waals surface area contributed by atoms with E-state index in [4.69, 9.17) is 46.4 Å². The lowest BCUT2D eigenvalue weighted by molar-refractivity contribution is -0.126. The Hall–Kier alpha value is -0.150. The number of carbonyl (C=O) groups excluding carboxylic acids is 1. The zero-order valence-corrected chi connectivity index (χ0v) is 14.9. The monoisotopic (exact) mass is 367 g/mol. The van der Waals surface area contributed by atoms with Crippen molar-refractivity contribution in [1.82, 2.24) is 5.32 Å². The molecule has 1 aliphatic carbocycles. The van der Waals surface area contributed by atoms with Crippen molar-refractivity contribution >= 4 is 52.3 Å². The first-order valence-electron chi connectivity index (χ1n) is 6.87. The van der Waals surface area contributed by atoms with Gasteiger partial charge in [-0.25, -0.2) is 0 Å². The summed E-state index contributed by atoms with van der Waals surface area (Å²) >= 11 is 24.3. The third-order valence-electron chi connectivity index (χ3n) is 4.44. The molecule has 2 rings (SSSR count). The quantitative estimate of drug-likeness (QED) is 0.738. The van der Waals surface area contributed by atoms with Gasteiger partial charge in [-0.2, -0.15) is 0 Å². The van der Waals surface area contributed by atoms with Crippen LogP contribution >= 0.6 is 46.4 Å². The summed E-state index contributed by atoms with van der Waals surface area (Å²) in [6, 6.07) is 5.45. The van der Waals surface area contributed by atoms with Gasteiger partial charge in [0.2, 0.25) is 5.91 Å². The minimum Gasteiger partial charge on any atom is -0.355 e. The van der Waals surface area contributed by atoms with Crippen LogP contribution in [0.15, 0.2) is 18.2 Å². The highest BCUT2D eigenvalue weighted by atomic mass is 35.5. The highest BCUT2D eigenvalue weighted by molar-refractivity contribution is 6.53. The summed E-state index contributed by atoms with van der Waals surface area (Å²) < 4.78 is -0.963. The molecule has 1 amide bonds. The van der Waals surface area contributed by atoms with E-state index < -0.39 is 9.75 Å². The first-order valence-corrected chi connectivity index (χ1v) is 8.38. The molecule has 1 aromatic carbocycles. The standard InChI is InChI=1S/C15H17Cl4NO/c1-3-14(9(2)15(14,18)19)13(21)20-7-6-10-4-5-11(16)12(17)8-10/h4-5,8-9H,3,6-7H2,1-2H3,(H,20,21). The fraction of sp³-hybridized carbons (Fsp3) is 0.533. The Bertz CT molecular complexity index is 561. The molecule has 1 fully saturated rings. The van der Waals surface area contributed by atoms with E-state index in [1.54, 1.807) is 12.1 Å². The molecule has 1 saturated carbocycles. The van der Waals surface area contributed by atoms with Crippen LogP contribution < -0.4 is 5.32 Å². The van der Waals surface area contributed by atoms with Crippen LogP contribution in [0.2, 0.25) is 10.0 Å². The van der Waals surface area contributed by atoms with Crippen LogP contribution in [0.25, 0.3) is 0 Å². The molecule has 0 spiro atoms. The van der Waals surface area contributed by atoms with E-state index in [0.717, 1.165) is 5.56 Å². The zero-order chi connectivity index (χ0) is 15.8. The lowest BCUT2D eigenvalue weighted by Crippen LogP contribution is -2.36. The normalized spacial score (nSPS) is 26.5. The number of hydrogen-bond acceptors (Lipinski definition) is 1. The lowest BCUT2D eigenvalue weighted by atomic mass is 9.99. The van der Waals surface area contributed by atoms with Crippen molar-refractivity contribution < 1.29 is 4.79 Å². The Kier molecular flexibility index (Phi) is 5.04. The van der Waals surface area contributed by atoms with E-state index in [1.807, 2.05) is 19.9 Å². The fourth-order valence-electron chi connectivity index (χ4n) is 2.86. The van der Waals surface area contributed by atoms with Crippen molar-refractivity contribution in [2.75, 3.05) is 6.54 Å². The smallest absolute Gasteiger partial charge is 0.229 e. The van der Waals surface area contributed by atoms with Gasteiger partial charge in [0.1, 0.15) is 4.33 Å². The van der Waals surface area contributed by atoms with E-state index in [1.165, 1.54) is 0 Å². The van der Waals surface area contributed by atoms with Gasteiger partial charge in [-0.3, -0.25) is 4.79 Å². The third kappa shape index (κ3) is 2.88. The topological polar surface area (TPSA) is 29.1 Å². The molecule has 116 valence electrons. The predicted molar refractivity (Wildman–Crippen MR) is 89.5 cm³/mol. The van der Waals surface area contributed by atoms with Crippen molar-refractivity contribution in [3.05, 3.63) is 33.8 Å². The molecule has 1 aromatic rings. The summed E-state index contributed by atoms with van der Waals surface area (Å²) in [6.07, 6.45) is 1.30. The molecule has 0 bridgehead atoms. The number of benzene rings is 1. The number of halogens is 4. The maximum atomic E-state index is 12.4. The van der Waals surface area contributed by atoms with Gasteiger partial charge in [0.15, 0.2) is 0 Å². The second kappa shape index (κ2) is 6.16. The van der Waals surface area contributed by atoms with Gasteiger partial charge < -0.3 is 5.32 Å². The summed E-state index contributed by atoms with van der Waals surface area (Å²) in [5.41, 5.74) is 0.343. The Morgan fingerprint density at radius 2 is 1.90 bits per heavy atom. The molecule has 0 radical (unpaired) electrons. The maximum Gasteiger partial charge on any atom is 0.229 e. The zero-order valence-electron chi connectivity index (χ0n) is 11.9. The Morgan fingerprint density at radius 1 is 1.29 bits per heavy atom. The first kappa shape index (κ1) is 17.2. The second-order valence-electron chi connectivity index (χ2n) is 5.42. The summed E-state index contributed by atoms with van der Waals surface area (Å²) in [4.78, 5) is 12.4. The predicted octanol–water partition coefficient (Wildman–Crippen LogP) is 4.87. The Morgan fingerprint density at radius 3 is 2.38 bits per heavy atom. The van der Waals surface area contributed by atoms with Gasteiger partial charge in [0.05, 0.1) is 15.5 Å². The van der Waals surface area contributed by atoms with Crippen molar-refractivity contribution in [3.8, 4) is 0 Å². The Labute approximate surface area is 145 Å². The van der Waals surface area contributed by atoms with E-state index >= 15 is 0 Å². The number of alkyl halides is 2. The molecule has 0 saturated heterocycles. The van der Waals surface area contributed by atoms with Gasteiger partial charge in [-0.1, -0.05) is 43.1 Å². The van der Waals surface area contributed by atoms with Crippen LogP contribution in [0, 0.1) is 11.3 Å². The van der Waals surface area contributed by atoms with Crippen LogP contribution in [0.5, 0.6) is 0 Å². The maximum absolute atomic E-state index is 12.4. The van der Waals surface area contributed by atoms with Gasteiger partial charge >= 0.3 is 0 Å². The van der Waals surface area contributed by atoms with Crippen molar-refractivity contribution in [1.29, 1.82) is 0 Å². The number of rotatable bonds is 5. The highest BCUT2D eigenvalue weighted by Crippen LogP contribution is 2.70. The van der Waals surface area contributed by atoms with Crippen molar-refractivity contribution in [2.45, 2.75) is 31.0 Å². The largest absolute Gasteiger partial charge is 0.355 e. The minimum absolute atomic E-state index is 0.0386. The number of nitrogens with one attached hydrogen (secondary N) is 1. The molecule has 2 unspecified atom stereocenters. The highest BCUT2D eigenvalue weighted by Gasteiger charge is 2.76. The summed E-state index contributed by atoms with van der Waals surface area (Å²) in [6.45, 7) is 4.35. The average molecular weight is 369 g/mol. The molecule has 6 heteroatoms. The van der Waals surface area contributed by atoms with E-state index in [-0.39, 0.29) is 11.8 Å². The van der Waals surface area contributed by atoms with Crippen molar-refractivity contribution in [2.24, 2.45) is 11.3 Å². The molecular weight excluding hydrogens is 352 g/mol. The molecule has 1 aliphatic rings. The van der Waals surface area contributed by atoms with Crippen LogP contribution in [0.4, 0.5) is 0 Å². The average Bonchev–Trinajstić information content (AvgIpc) is 2.88. The van der Waals surface area contributed by atoms with E-state index in [9.17, 15) is 4.79 Å². The molecule has 0 heterocycles. The third-order valence-corrected chi connectivity index (χ3v) is 6.51. The molecular formula is C15H17Cl4NO. The van der Waals surface area contributed by atoms with Crippen LogP contribution in [0.3, 0.4) is 0 Å². The number of carbonyl (C=O) groups is 1. The number of amides is 1. The van der Waals surface area contributed by atoms with Crippen LogP contribution in [-0.4, -0.2) is 16.8 Å². The van der Waals surface area contributed by atoms with E-state index in [2.05, 4.69) is 5.32 Å². The molecule has 21 heavy (non-hydrogen) atoms. The molecule has 0 aromatic heterocycles. The van der Waals surface area contributed by atoms with Gasteiger partial charge in [0, 0.05) is 12.5 Å². The lowest BCUT2D eigenvalue weighted by Gasteiger charge is -2.16. The summed E-state index contributed by atoms with van der Waals surface area (Å²) in [7, 11) is 0. The fourth-order valence-corrected chi connectivity index (χ4v) is 4.21. The molecule has 2 atom stereocenters. The Balaban J connectivity index is 1.92. The van der Waals surface area contributed by atoms with Crippen molar-refractivity contribution in [3.63, 3.8) is 0 Å². The minimum atomic E-state index is -0.963. The SMILES string of the molecule is CCC1(C(=O)NCCc2ccc(Cl)c(Cl)c2)C(C)C1(Cl)Cl. The number of hydrogen-bond donors (Lipinski definition) is 1. The van der Waals surface area contributed by atoms with Gasteiger partial charge in [-0.15, -0.1) is 23.2 Å². The van der Waals surface area contributed by atoms with Gasteiger partial charge in [0.25, 0.3) is 0 Å². The summed E-state index contributed by atoms with van der Waals surface area (Å²) in [5, 5.41) is 3.96. The molecule has 2 nitrogen and oxygen atoms in total. The molecule has 0 aliphatic heterocycles.